The second-order valence-corrected chi connectivity index (χ2v) is 15.9. The van der Waals surface area contributed by atoms with Gasteiger partial charge in [-0.15, -0.1) is 0 Å². The quantitative estimate of drug-likeness (QED) is 0.317. The summed E-state index contributed by atoms with van der Waals surface area (Å²) >= 11 is 2.84. The van der Waals surface area contributed by atoms with Crippen LogP contribution in [0, 0.1) is 5.92 Å². The van der Waals surface area contributed by atoms with Crippen LogP contribution in [0.3, 0.4) is 0 Å². The fraction of sp³-hybridized carbons (Fsp3) is 0.714. The molecule has 1 aromatic carbocycles. The molecule has 0 spiro atoms. The molecule has 1 saturated heterocycles. The largest absolute Gasteiger partial charge is 0.320 e. The maximum absolute atomic E-state index is 12.7. The highest BCUT2D eigenvalue weighted by molar-refractivity contribution is 8.90. The number of hydrogen-bond acceptors (Lipinski definition) is 4. The van der Waals surface area contributed by atoms with Crippen LogP contribution in [0.5, 0.6) is 0 Å². The van der Waals surface area contributed by atoms with Crippen molar-refractivity contribution in [2.45, 2.75) is 58.3 Å². The van der Waals surface area contributed by atoms with Crippen LogP contribution >= 0.6 is 28.5 Å². The summed E-state index contributed by atoms with van der Waals surface area (Å²) in [6.07, 6.45) is 10.4. The van der Waals surface area contributed by atoms with E-state index >= 15 is 0 Å². The molecule has 154 valence electrons. The second-order valence-electron chi connectivity index (χ2n) is 7.99. The van der Waals surface area contributed by atoms with E-state index in [0.29, 0.717) is 5.92 Å². The minimum absolute atomic E-state index is 0.181. The predicted molar refractivity (Wildman–Crippen MR) is 126 cm³/mol. The van der Waals surface area contributed by atoms with Crippen LogP contribution in [0.4, 0.5) is 5.69 Å². The van der Waals surface area contributed by atoms with Gasteiger partial charge < -0.3 is 9.99 Å². The average Bonchev–Trinajstić information content (AvgIpc) is 2.68. The number of unbranched alkanes of at least 4 members (excludes halogenated alkanes) is 3. The van der Waals surface area contributed by atoms with Crippen molar-refractivity contribution in [2.24, 2.45) is 5.92 Å². The summed E-state index contributed by atoms with van der Waals surface area (Å²) in [7, 11) is 0. The van der Waals surface area contributed by atoms with E-state index in [4.69, 9.17) is 0 Å². The molecule has 2 atom stereocenters. The van der Waals surface area contributed by atoms with E-state index in [1.54, 1.807) is 0 Å². The smallest absolute Gasteiger partial charge is 0.277 e. The Morgan fingerprint density at radius 1 is 1.26 bits per heavy atom. The molecule has 2 rings (SSSR count). The van der Waals surface area contributed by atoms with Crippen molar-refractivity contribution in [1.29, 1.82) is 0 Å². The third-order valence-electron chi connectivity index (χ3n) is 6.16. The molecule has 6 heteroatoms. The second kappa shape index (κ2) is 10.6. The lowest BCUT2D eigenvalue weighted by atomic mass is 9.68. The number of likely N-dealkylation sites (tertiary alicyclic amines) is 1. The van der Waals surface area contributed by atoms with Gasteiger partial charge in [0.2, 0.25) is 0 Å². The van der Waals surface area contributed by atoms with E-state index in [2.05, 4.69) is 49.0 Å². The molecule has 1 fully saturated rings. The maximum Gasteiger partial charge on any atom is 0.277 e. The number of rotatable bonds is 10. The van der Waals surface area contributed by atoms with E-state index in [-0.39, 0.29) is 5.41 Å². The van der Waals surface area contributed by atoms with Crippen LogP contribution < -0.4 is 5.09 Å². The molecular formula is C21H37N2OPS2. The topological polar surface area (TPSA) is 32.3 Å². The molecule has 0 amide bonds. The molecule has 0 saturated carbocycles. The highest BCUT2D eigenvalue weighted by Gasteiger charge is 2.38. The van der Waals surface area contributed by atoms with Gasteiger partial charge in [0.1, 0.15) is 0 Å². The van der Waals surface area contributed by atoms with Crippen molar-refractivity contribution < 1.29 is 4.57 Å². The number of nitrogens with one attached hydrogen (secondary N) is 1. The van der Waals surface area contributed by atoms with Crippen LogP contribution in [-0.4, -0.2) is 37.0 Å². The number of benzene rings is 1. The summed E-state index contributed by atoms with van der Waals surface area (Å²) in [6, 6.07) is 8.63. The van der Waals surface area contributed by atoms with Crippen LogP contribution in [0.15, 0.2) is 24.3 Å². The average molecular weight is 429 g/mol. The van der Waals surface area contributed by atoms with Crippen LogP contribution in [0.1, 0.15) is 58.4 Å². The van der Waals surface area contributed by atoms with E-state index < -0.39 is 5.70 Å². The maximum atomic E-state index is 12.7. The lowest BCUT2D eigenvalue weighted by molar-refractivity contribution is 0.109. The fourth-order valence-corrected chi connectivity index (χ4v) is 7.73. The molecular weight excluding hydrogens is 391 g/mol. The zero-order chi connectivity index (χ0) is 19.9. The molecule has 0 aromatic heterocycles. The zero-order valence-electron chi connectivity index (χ0n) is 17.7. The van der Waals surface area contributed by atoms with Crippen LogP contribution in [0.25, 0.3) is 0 Å². The van der Waals surface area contributed by atoms with Gasteiger partial charge in [-0.1, -0.05) is 74.9 Å². The van der Waals surface area contributed by atoms with Gasteiger partial charge in [0.25, 0.3) is 5.70 Å². The van der Waals surface area contributed by atoms with E-state index in [1.165, 1.54) is 80.1 Å². The minimum Gasteiger partial charge on any atom is -0.320 e. The van der Waals surface area contributed by atoms with Gasteiger partial charge in [-0.3, -0.25) is 4.57 Å². The van der Waals surface area contributed by atoms with Gasteiger partial charge in [0.05, 0.1) is 0 Å². The molecule has 1 N–H and O–H groups in total. The Kier molecular flexibility index (Phi) is 9.12. The fourth-order valence-electron chi connectivity index (χ4n) is 3.98. The highest BCUT2D eigenvalue weighted by atomic mass is 33.1. The summed E-state index contributed by atoms with van der Waals surface area (Å²) in [5, 5.41) is 3.29. The molecule has 1 heterocycles. The van der Waals surface area contributed by atoms with Crippen LogP contribution in [-0.2, 0) is 9.98 Å². The Bertz CT molecular complexity index is 634. The van der Waals surface area contributed by atoms with Crippen molar-refractivity contribution in [3.63, 3.8) is 0 Å². The van der Waals surface area contributed by atoms with Gasteiger partial charge in [0.15, 0.2) is 0 Å². The Hall–Kier alpha value is -0.0900. The van der Waals surface area contributed by atoms with E-state index in [0.717, 1.165) is 5.69 Å². The van der Waals surface area contributed by atoms with Crippen LogP contribution in [0.2, 0.25) is 0 Å². The monoisotopic (exact) mass is 428 g/mol. The Morgan fingerprint density at radius 3 is 2.63 bits per heavy atom. The van der Waals surface area contributed by atoms with Gasteiger partial charge in [0, 0.05) is 12.2 Å². The molecule has 1 aliphatic rings. The van der Waals surface area contributed by atoms with Crippen molar-refractivity contribution in [2.75, 3.05) is 37.2 Å². The summed E-state index contributed by atoms with van der Waals surface area (Å²) in [5.41, 5.74) is 0.0831. The highest BCUT2D eigenvalue weighted by Crippen LogP contribution is 2.66. The third kappa shape index (κ3) is 6.19. The Morgan fingerprint density at radius 2 is 2.00 bits per heavy atom. The number of piperidine rings is 1. The number of hydrogen-bond donors (Lipinski definition) is 1. The minimum atomic E-state index is -2.45. The number of anilines is 1. The zero-order valence-corrected chi connectivity index (χ0v) is 20.2. The molecule has 0 radical (unpaired) electrons. The first-order valence-electron chi connectivity index (χ1n) is 10.2. The predicted octanol–water partition coefficient (Wildman–Crippen LogP) is 7.11. The summed E-state index contributed by atoms with van der Waals surface area (Å²) in [4.78, 5) is 2.65. The normalized spacial score (nSPS) is 24.1. The van der Waals surface area contributed by atoms with Gasteiger partial charge in [-0.25, -0.2) is 0 Å². The molecule has 27 heavy (non-hydrogen) atoms. The lowest BCUT2D eigenvalue weighted by Gasteiger charge is -2.45. The third-order valence-corrected chi connectivity index (χ3v) is 13.8. The Labute approximate surface area is 174 Å². The van der Waals surface area contributed by atoms with Gasteiger partial charge >= 0.3 is 0 Å². The summed E-state index contributed by atoms with van der Waals surface area (Å²) < 4.78 is 12.7. The molecule has 0 bridgehead atoms. The Balaban J connectivity index is 2.05. The van der Waals surface area contributed by atoms with E-state index in [1.807, 2.05) is 18.6 Å². The summed E-state index contributed by atoms with van der Waals surface area (Å²) in [6.45, 7) is 10.7. The molecule has 2 unspecified atom stereocenters. The first-order chi connectivity index (χ1) is 12.9. The molecule has 3 nitrogen and oxygen atoms in total. The van der Waals surface area contributed by atoms with Gasteiger partial charge in [-0.2, -0.15) is 0 Å². The SMILES string of the molecule is CCCCCCN1CCC(C)(c2cccc(NP(=O)(SC)SC)c2)C(C)C1. The molecule has 1 aromatic rings. The standard InChI is InChI=1S/C21H37N2OPS2/c1-6-7-8-9-14-23-15-13-21(3,18(2)17-23)19-11-10-12-20(16-19)22-25(24,26-4)27-5/h10-12,16,18H,6-9,13-15,17H2,1-5H3,(H,22,24). The first-order valence-corrected chi connectivity index (χ1v) is 15.6. The first kappa shape index (κ1) is 23.2. The van der Waals surface area contributed by atoms with Gasteiger partial charge in [-0.05, 0) is 67.5 Å². The summed E-state index contributed by atoms with van der Waals surface area (Å²) in [5.74, 6) is 0.612. The van der Waals surface area contributed by atoms with Crippen molar-refractivity contribution >= 4 is 34.1 Å². The van der Waals surface area contributed by atoms with Crippen molar-refractivity contribution in [1.82, 2.24) is 4.90 Å². The molecule has 1 aliphatic heterocycles. The molecule has 0 aliphatic carbocycles. The van der Waals surface area contributed by atoms with E-state index in [9.17, 15) is 4.57 Å². The van der Waals surface area contributed by atoms with Crippen molar-refractivity contribution in [3.05, 3.63) is 29.8 Å². The number of nitrogens with zero attached hydrogens (tertiary/aromatic N) is 1. The van der Waals surface area contributed by atoms with Crippen molar-refractivity contribution in [3.8, 4) is 0 Å². The lowest BCUT2D eigenvalue weighted by Crippen LogP contribution is -2.47.